The summed E-state index contributed by atoms with van der Waals surface area (Å²) in [6.45, 7) is 0. The molecule has 0 saturated heterocycles. The zero-order chi connectivity index (χ0) is 16.8. The van der Waals surface area contributed by atoms with Gasteiger partial charge in [0.25, 0.3) is 0 Å². The van der Waals surface area contributed by atoms with Crippen molar-refractivity contribution in [2.75, 3.05) is 5.75 Å². The second kappa shape index (κ2) is 7.72. The molecule has 0 spiro atoms. The van der Waals surface area contributed by atoms with Gasteiger partial charge in [-0.15, -0.1) is 23.1 Å². The van der Waals surface area contributed by atoms with Gasteiger partial charge in [0.1, 0.15) is 11.9 Å². The number of thiophene rings is 1. The van der Waals surface area contributed by atoms with E-state index < -0.39 is 11.8 Å². The average molecular weight is 347 g/mol. The van der Waals surface area contributed by atoms with Crippen molar-refractivity contribution in [1.82, 2.24) is 0 Å². The first-order valence-electron chi connectivity index (χ1n) is 6.35. The molecule has 0 aliphatic heterocycles. The van der Waals surface area contributed by atoms with Crippen molar-refractivity contribution in [2.24, 2.45) is 0 Å². The van der Waals surface area contributed by atoms with Crippen LogP contribution in [0.5, 0.6) is 0 Å². The van der Waals surface area contributed by atoms with E-state index >= 15 is 0 Å². The Balaban J connectivity index is 2.09. The number of hydrogen-bond donors (Lipinski definition) is 1. The molecule has 7 heteroatoms. The number of benzene rings is 1. The van der Waals surface area contributed by atoms with E-state index in [2.05, 4.69) is 0 Å². The lowest BCUT2D eigenvalue weighted by Crippen LogP contribution is -1.99. The third-order valence-corrected chi connectivity index (χ3v) is 4.65. The van der Waals surface area contributed by atoms with Crippen LogP contribution in [0.2, 0.25) is 0 Å². The van der Waals surface area contributed by atoms with Crippen LogP contribution in [-0.4, -0.2) is 22.6 Å². The van der Waals surface area contributed by atoms with Gasteiger partial charge in [0.05, 0.1) is 11.3 Å². The average Bonchev–Trinajstić information content (AvgIpc) is 2.99. The Bertz CT molecular complexity index is 821. The number of nitriles is 1. The monoisotopic (exact) mass is 347 g/mol. The summed E-state index contributed by atoms with van der Waals surface area (Å²) in [7, 11) is 0. The van der Waals surface area contributed by atoms with E-state index in [1.54, 1.807) is 17.5 Å². The summed E-state index contributed by atoms with van der Waals surface area (Å²) >= 11 is 2.19. The van der Waals surface area contributed by atoms with Crippen molar-refractivity contribution in [3.8, 4) is 6.07 Å². The number of carboxylic acids is 1. The maximum atomic E-state index is 13.8. The molecule has 0 aliphatic rings. The number of hydrogen-bond acceptors (Lipinski definition) is 5. The smallest absolute Gasteiger partial charge is 0.313 e. The third-order valence-electron chi connectivity index (χ3n) is 2.72. The second-order valence-electron chi connectivity index (χ2n) is 4.37. The molecule has 1 heterocycles. The normalized spacial score (nSPS) is 10.6. The van der Waals surface area contributed by atoms with E-state index in [-0.39, 0.29) is 22.0 Å². The molecule has 2 rings (SSSR count). The molecule has 4 nitrogen and oxygen atoms in total. The molecule has 0 saturated carbocycles. The highest BCUT2D eigenvalue weighted by Gasteiger charge is 2.10. The quantitative estimate of drug-likeness (QED) is 0.488. The zero-order valence-corrected chi connectivity index (χ0v) is 13.3. The van der Waals surface area contributed by atoms with Crippen LogP contribution in [0, 0.1) is 17.1 Å². The Morgan fingerprint density at radius 1 is 1.39 bits per heavy atom. The molecule has 0 bridgehead atoms. The van der Waals surface area contributed by atoms with Gasteiger partial charge in [0.2, 0.25) is 0 Å². The van der Waals surface area contributed by atoms with Crippen molar-refractivity contribution in [1.29, 1.82) is 5.26 Å². The number of thioether (sulfide) groups is 1. The Morgan fingerprint density at radius 3 is 2.78 bits per heavy atom. The van der Waals surface area contributed by atoms with E-state index in [1.807, 2.05) is 6.07 Å². The summed E-state index contributed by atoms with van der Waals surface area (Å²) in [6, 6.07) is 7.59. The fourth-order valence-corrected chi connectivity index (χ4v) is 3.03. The number of carbonyl (C=O) groups excluding carboxylic acids is 1. The van der Waals surface area contributed by atoms with Crippen molar-refractivity contribution < 1.29 is 19.1 Å². The van der Waals surface area contributed by atoms with Gasteiger partial charge < -0.3 is 5.11 Å². The van der Waals surface area contributed by atoms with E-state index in [4.69, 9.17) is 10.4 Å². The van der Waals surface area contributed by atoms with Gasteiger partial charge in [0, 0.05) is 20.7 Å². The van der Waals surface area contributed by atoms with Crippen molar-refractivity contribution >= 4 is 40.9 Å². The van der Waals surface area contributed by atoms with Crippen LogP contribution in [0.1, 0.15) is 20.8 Å². The van der Waals surface area contributed by atoms with Crippen LogP contribution >= 0.6 is 23.1 Å². The van der Waals surface area contributed by atoms with Gasteiger partial charge in [0.15, 0.2) is 5.78 Å². The fraction of sp³-hybridized carbons (Fsp3) is 0.0625. The highest BCUT2D eigenvalue weighted by atomic mass is 32.2. The molecule has 0 radical (unpaired) electrons. The Hall–Kier alpha value is -2.43. The first-order chi connectivity index (χ1) is 11.0. The lowest BCUT2D eigenvalue weighted by atomic mass is 10.1. The first-order valence-corrected chi connectivity index (χ1v) is 8.21. The molecule has 1 aromatic carbocycles. The van der Waals surface area contributed by atoms with E-state index in [9.17, 15) is 14.0 Å². The van der Waals surface area contributed by atoms with Crippen LogP contribution in [0.3, 0.4) is 0 Å². The van der Waals surface area contributed by atoms with Gasteiger partial charge >= 0.3 is 5.97 Å². The van der Waals surface area contributed by atoms with Crippen molar-refractivity contribution in [3.05, 3.63) is 57.5 Å². The Labute approximate surface area is 139 Å². The number of rotatable bonds is 6. The van der Waals surface area contributed by atoms with E-state index in [1.165, 1.54) is 29.5 Å². The number of allylic oxidation sites excluding steroid dienone is 1. The highest BCUT2D eigenvalue weighted by Crippen LogP contribution is 2.23. The maximum absolute atomic E-state index is 13.8. The second-order valence-corrected chi connectivity index (χ2v) is 6.33. The minimum atomic E-state index is -1.04. The largest absolute Gasteiger partial charge is 0.481 e. The number of halogens is 1. The molecule has 116 valence electrons. The molecule has 1 N–H and O–H groups in total. The van der Waals surface area contributed by atoms with Crippen LogP contribution in [-0.2, 0) is 4.79 Å². The number of ketones is 1. The van der Waals surface area contributed by atoms with Crippen LogP contribution in [0.4, 0.5) is 4.39 Å². The Kier molecular flexibility index (Phi) is 5.68. The molecule has 0 atom stereocenters. The molecule has 1 aromatic heterocycles. The number of aliphatic carboxylic acids is 1. The maximum Gasteiger partial charge on any atom is 0.313 e. The summed E-state index contributed by atoms with van der Waals surface area (Å²) in [5.41, 5.74) is 0.698. The van der Waals surface area contributed by atoms with Gasteiger partial charge in [-0.3, -0.25) is 9.59 Å². The summed E-state index contributed by atoms with van der Waals surface area (Å²) in [5.74, 6) is -2.28. The van der Waals surface area contributed by atoms with Crippen LogP contribution in [0.15, 0.2) is 40.6 Å². The topological polar surface area (TPSA) is 78.2 Å². The molecular formula is C16H10FNO3S2. The van der Waals surface area contributed by atoms with E-state index in [0.717, 1.165) is 22.7 Å². The summed E-state index contributed by atoms with van der Waals surface area (Å²) in [5, 5.41) is 19.0. The summed E-state index contributed by atoms with van der Waals surface area (Å²) < 4.78 is 13.8. The number of nitrogens with zero attached hydrogens (tertiary/aromatic N) is 1. The summed E-state index contributed by atoms with van der Waals surface area (Å²) in [6.07, 6.45) is 2.88. The van der Waals surface area contributed by atoms with Gasteiger partial charge in [-0.2, -0.15) is 5.26 Å². The molecule has 23 heavy (non-hydrogen) atoms. The van der Waals surface area contributed by atoms with Gasteiger partial charge in [-0.05, 0) is 36.4 Å². The van der Waals surface area contributed by atoms with Crippen LogP contribution < -0.4 is 0 Å². The van der Waals surface area contributed by atoms with E-state index in [0.29, 0.717) is 5.56 Å². The molecule has 0 unspecified atom stereocenters. The zero-order valence-electron chi connectivity index (χ0n) is 11.7. The predicted octanol–water partition coefficient (Wildman–Crippen LogP) is 3.83. The van der Waals surface area contributed by atoms with Crippen molar-refractivity contribution in [2.45, 2.75) is 4.90 Å². The van der Waals surface area contributed by atoms with Gasteiger partial charge in [-0.25, -0.2) is 4.39 Å². The Morgan fingerprint density at radius 2 is 2.17 bits per heavy atom. The predicted molar refractivity (Wildman–Crippen MR) is 87.2 cm³/mol. The lowest BCUT2D eigenvalue weighted by Gasteiger charge is -2.02. The molecule has 2 aromatic rings. The minimum Gasteiger partial charge on any atom is -0.481 e. The fourth-order valence-electron chi connectivity index (χ4n) is 1.66. The highest BCUT2D eigenvalue weighted by molar-refractivity contribution is 8.00. The standard InChI is InChI=1S/C16H10FNO3S2/c17-13-6-11(1-4-15(13)23-9-16(20)21)14(19)3-2-12-5-10(7-18)8-22-12/h1-6,8H,9H2,(H,20,21)/b3-2+. The molecule has 0 amide bonds. The third kappa shape index (κ3) is 4.77. The number of carboxylic acid groups (broad SMARTS) is 1. The lowest BCUT2D eigenvalue weighted by molar-refractivity contribution is -0.133. The van der Waals surface area contributed by atoms with Gasteiger partial charge in [-0.1, -0.05) is 0 Å². The molecule has 0 fully saturated rings. The number of carbonyl (C=O) groups is 2. The van der Waals surface area contributed by atoms with Crippen molar-refractivity contribution in [3.63, 3.8) is 0 Å². The minimum absolute atomic E-state index is 0.176. The SMILES string of the molecule is N#Cc1csc(/C=C/C(=O)c2ccc(SCC(=O)O)c(F)c2)c1. The summed E-state index contributed by atoms with van der Waals surface area (Å²) in [4.78, 5) is 23.4. The first kappa shape index (κ1) is 16.9. The molecule has 0 aliphatic carbocycles. The molecular weight excluding hydrogens is 337 g/mol. The van der Waals surface area contributed by atoms with Crippen LogP contribution in [0.25, 0.3) is 6.08 Å².